The largest absolute Gasteiger partial charge is 0.349 e. The average molecular weight is 247 g/mol. The highest BCUT2D eigenvalue weighted by Gasteiger charge is 2.53. The van der Waals surface area contributed by atoms with Gasteiger partial charge in [-0.25, -0.2) is 0 Å². The standard InChI is InChI=1S/C12H13N3O3/c16-12(14-11-9-5-13-6-10(9)11)7-1-3-8(4-2-7)15(17)18/h1-4,9-11,13H,5-6H2,(H,14,16). The van der Waals surface area contributed by atoms with Crippen molar-refractivity contribution in [3.63, 3.8) is 0 Å². The van der Waals surface area contributed by atoms with E-state index in [1.807, 2.05) is 0 Å². The molecule has 3 rings (SSSR count). The Labute approximate surface area is 104 Å². The van der Waals surface area contributed by atoms with E-state index in [9.17, 15) is 14.9 Å². The average Bonchev–Trinajstić information content (AvgIpc) is 2.82. The molecule has 2 fully saturated rings. The van der Waals surface area contributed by atoms with Crippen LogP contribution in [0.5, 0.6) is 0 Å². The zero-order valence-electron chi connectivity index (χ0n) is 9.63. The highest BCUT2D eigenvalue weighted by atomic mass is 16.6. The van der Waals surface area contributed by atoms with Gasteiger partial charge in [0.1, 0.15) is 0 Å². The van der Waals surface area contributed by atoms with Crippen molar-refractivity contribution in [3.05, 3.63) is 39.9 Å². The number of carbonyl (C=O) groups is 1. The van der Waals surface area contributed by atoms with E-state index in [-0.39, 0.29) is 17.6 Å². The van der Waals surface area contributed by atoms with Crippen LogP contribution in [-0.2, 0) is 0 Å². The number of amides is 1. The number of nitrogens with one attached hydrogen (secondary N) is 2. The van der Waals surface area contributed by atoms with Crippen LogP contribution in [0.25, 0.3) is 0 Å². The number of hydrogen-bond acceptors (Lipinski definition) is 4. The molecule has 6 nitrogen and oxygen atoms in total. The van der Waals surface area contributed by atoms with Gasteiger partial charge in [-0.05, 0) is 24.0 Å². The molecule has 1 saturated carbocycles. The minimum absolute atomic E-state index is 0.000888. The maximum absolute atomic E-state index is 11.9. The molecule has 1 saturated heterocycles. The van der Waals surface area contributed by atoms with Gasteiger partial charge in [-0.2, -0.15) is 0 Å². The molecule has 1 amide bonds. The first-order valence-electron chi connectivity index (χ1n) is 5.93. The molecule has 1 aromatic rings. The molecule has 1 aliphatic carbocycles. The van der Waals surface area contributed by atoms with E-state index in [2.05, 4.69) is 10.6 Å². The Balaban J connectivity index is 1.64. The normalized spacial score (nSPS) is 28.6. The number of rotatable bonds is 3. The van der Waals surface area contributed by atoms with Gasteiger partial charge in [0.25, 0.3) is 11.6 Å². The fourth-order valence-electron chi connectivity index (χ4n) is 2.60. The van der Waals surface area contributed by atoms with Crippen LogP contribution in [0.4, 0.5) is 5.69 Å². The van der Waals surface area contributed by atoms with Gasteiger partial charge in [0, 0.05) is 36.8 Å². The third-order valence-corrected chi connectivity index (χ3v) is 3.73. The second-order valence-electron chi connectivity index (χ2n) is 4.79. The third kappa shape index (κ3) is 1.84. The van der Waals surface area contributed by atoms with Crippen LogP contribution in [-0.4, -0.2) is 30.0 Å². The van der Waals surface area contributed by atoms with Crippen molar-refractivity contribution in [2.24, 2.45) is 11.8 Å². The minimum atomic E-state index is -0.474. The van der Waals surface area contributed by atoms with Gasteiger partial charge >= 0.3 is 0 Å². The summed E-state index contributed by atoms with van der Waals surface area (Å²) in [5.41, 5.74) is 0.470. The molecule has 0 radical (unpaired) electrons. The highest BCUT2D eigenvalue weighted by Crippen LogP contribution is 2.41. The van der Waals surface area contributed by atoms with Gasteiger partial charge in [-0.15, -0.1) is 0 Å². The number of carbonyl (C=O) groups excluding carboxylic acids is 1. The molecule has 2 atom stereocenters. The van der Waals surface area contributed by atoms with Crippen LogP contribution < -0.4 is 10.6 Å². The molecular formula is C12H13N3O3. The SMILES string of the molecule is O=C(NC1C2CNCC21)c1ccc([N+](=O)[O-])cc1. The molecule has 1 aromatic carbocycles. The van der Waals surface area contributed by atoms with Crippen molar-refractivity contribution in [1.82, 2.24) is 10.6 Å². The molecule has 1 heterocycles. The van der Waals surface area contributed by atoms with Crippen LogP contribution in [0, 0.1) is 22.0 Å². The molecule has 2 unspecified atom stereocenters. The first-order valence-corrected chi connectivity index (χ1v) is 5.93. The van der Waals surface area contributed by atoms with Gasteiger partial charge in [-0.1, -0.05) is 0 Å². The Morgan fingerprint density at radius 3 is 2.44 bits per heavy atom. The number of nitrogens with zero attached hydrogens (tertiary/aromatic N) is 1. The molecular weight excluding hydrogens is 234 g/mol. The minimum Gasteiger partial charge on any atom is -0.349 e. The van der Waals surface area contributed by atoms with Gasteiger partial charge in [-0.3, -0.25) is 14.9 Å². The lowest BCUT2D eigenvalue weighted by Crippen LogP contribution is -2.32. The van der Waals surface area contributed by atoms with Gasteiger partial charge in [0.05, 0.1) is 4.92 Å². The van der Waals surface area contributed by atoms with Crippen LogP contribution >= 0.6 is 0 Å². The van der Waals surface area contributed by atoms with Crippen molar-refractivity contribution in [2.75, 3.05) is 13.1 Å². The molecule has 0 aromatic heterocycles. The molecule has 0 spiro atoms. The lowest BCUT2D eigenvalue weighted by molar-refractivity contribution is -0.384. The zero-order valence-corrected chi connectivity index (χ0v) is 9.63. The Morgan fingerprint density at radius 1 is 1.28 bits per heavy atom. The smallest absolute Gasteiger partial charge is 0.269 e. The van der Waals surface area contributed by atoms with E-state index >= 15 is 0 Å². The number of fused-ring (bicyclic) bond motifs is 1. The van der Waals surface area contributed by atoms with Gasteiger partial charge in [0.15, 0.2) is 0 Å². The van der Waals surface area contributed by atoms with Crippen molar-refractivity contribution in [3.8, 4) is 0 Å². The van der Waals surface area contributed by atoms with Crippen LogP contribution in [0.3, 0.4) is 0 Å². The van der Waals surface area contributed by atoms with Crippen molar-refractivity contribution >= 4 is 11.6 Å². The van der Waals surface area contributed by atoms with Gasteiger partial charge in [0.2, 0.25) is 0 Å². The van der Waals surface area contributed by atoms with E-state index in [0.717, 1.165) is 13.1 Å². The fourth-order valence-corrected chi connectivity index (χ4v) is 2.60. The predicted octanol–water partition coefficient (Wildman–Crippen LogP) is 0.542. The maximum atomic E-state index is 11.9. The number of hydrogen-bond donors (Lipinski definition) is 2. The summed E-state index contributed by atoms with van der Waals surface area (Å²) in [6.07, 6.45) is 0. The summed E-state index contributed by atoms with van der Waals surface area (Å²) in [5, 5.41) is 16.7. The number of non-ortho nitro benzene ring substituents is 1. The van der Waals surface area contributed by atoms with Crippen molar-refractivity contribution in [1.29, 1.82) is 0 Å². The van der Waals surface area contributed by atoms with E-state index in [1.54, 1.807) is 0 Å². The quantitative estimate of drug-likeness (QED) is 0.603. The van der Waals surface area contributed by atoms with E-state index < -0.39 is 4.92 Å². The molecule has 1 aliphatic heterocycles. The monoisotopic (exact) mass is 247 g/mol. The second-order valence-corrected chi connectivity index (χ2v) is 4.79. The summed E-state index contributed by atoms with van der Waals surface area (Å²) in [6.45, 7) is 1.94. The Bertz CT molecular complexity index is 490. The lowest BCUT2D eigenvalue weighted by Gasteiger charge is -2.07. The van der Waals surface area contributed by atoms with Crippen LogP contribution in [0.2, 0.25) is 0 Å². The summed E-state index contributed by atoms with van der Waals surface area (Å²) < 4.78 is 0. The Kier molecular flexibility index (Phi) is 2.52. The fraction of sp³-hybridized carbons (Fsp3) is 0.417. The molecule has 94 valence electrons. The first kappa shape index (κ1) is 11.2. The molecule has 18 heavy (non-hydrogen) atoms. The number of piperidine rings is 1. The third-order valence-electron chi connectivity index (χ3n) is 3.73. The lowest BCUT2D eigenvalue weighted by atomic mass is 10.2. The molecule has 6 heteroatoms. The van der Waals surface area contributed by atoms with Crippen LogP contribution in [0.1, 0.15) is 10.4 Å². The summed E-state index contributed by atoms with van der Waals surface area (Å²) in [7, 11) is 0. The predicted molar refractivity (Wildman–Crippen MR) is 64.2 cm³/mol. The molecule has 0 bridgehead atoms. The zero-order chi connectivity index (χ0) is 12.7. The molecule has 2 aliphatic rings. The van der Waals surface area contributed by atoms with E-state index in [0.29, 0.717) is 17.4 Å². The summed E-state index contributed by atoms with van der Waals surface area (Å²) in [4.78, 5) is 21.9. The second kappa shape index (κ2) is 4.06. The molecule has 2 N–H and O–H groups in total. The Morgan fingerprint density at radius 2 is 1.89 bits per heavy atom. The number of benzene rings is 1. The van der Waals surface area contributed by atoms with Crippen molar-refractivity contribution in [2.45, 2.75) is 6.04 Å². The highest BCUT2D eigenvalue weighted by molar-refractivity contribution is 5.94. The topological polar surface area (TPSA) is 84.3 Å². The summed E-state index contributed by atoms with van der Waals surface area (Å²) in [5.74, 6) is 0.975. The van der Waals surface area contributed by atoms with Crippen LogP contribution in [0.15, 0.2) is 24.3 Å². The number of nitro groups is 1. The number of nitro benzene ring substituents is 1. The van der Waals surface area contributed by atoms with E-state index in [4.69, 9.17) is 0 Å². The summed E-state index contributed by atoms with van der Waals surface area (Å²) >= 11 is 0. The first-order chi connectivity index (χ1) is 8.66. The van der Waals surface area contributed by atoms with Gasteiger partial charge < -0.3 is 10.6 Å². The maximum Gasteiger partial charge on any atom is 0.269 e. The van der Waals surface area contributed by atoms with Crippen molar-refractivity contribution < 1.29 is 9.72 Å². The Hall–Kier alpha value is -1.95. The summed E-state index contributed by atoms with van der Waals surface area (Å²) in [6, 6.07) is 5.95. The van der Waals surface area contributed by atoms with E-state index in [1.165, 1.54) is 24.3 Å².